The van der Waals surface area contributed by atoms with Crippen LogP contribution in [0.15, 0.2) is 29.1 Å². The highest BCUT2D eigenvalue weighted by molar-refractivity contribution is 5.87. The number of nitrogens with one attached hydrogen (secondary N) is 2. The summed E-state index contributed by atoms with van der Waals surface area (Å²) in [4.78, 5) is 42.8. The topological polar surface area (TPSA) is 121 Å². The molecule has 0 radical (unpaired) electrons. The molecule has 1 amide bonds. The van der Waals surface area contributed by atoms with Crippen LogP contribution >= 0.6 is 0 Å². The number of hydrogen-bond acceptors (Lipinski definition) is 5. The molecule has 1 saturated heterocycles. The molecule has 2 aromatic rings. The van der Waals surface area contributed by atoms with Crippen molar-refractivity contribution in [3.8, 4) is 0 Å². The van der Waals surface area contributed by atoms with Crippen LogP contribution in [0.3, 0.4) is 0 Å². The monoisotopic (exact) mass is 345 g/mol. The molecule has 1 aromatic carbocycles. The van der Waals surface area contributed by atoms with Gasteiger partial charge in [0, 0.05) is 38.9 Å². The molecule has 3 N–H and O–H groups in total. The van der Waals surface area contributed by atoms with Crippen LogP contribution in [0.2, 0.25) is 0 Å². The molecular formula is C17H19N3O5. The fourth-order valence-electron chi connectivity index (χ4n) is 2.91. The maximum Gasteiger partial charge on any atom is 0.329 e. The van der Waals surface area contributed by atoms with Gasteiger partial charge in [0.15, 0.2) is 0 Å². The number of aromatic nitrogens is 2. The lowest BCUT2D eigenvalue weighted by molar-refractivity contribution is -0.152. The van der Waals surface area contributed by atoms with Crippen LogP contribution in [0.25, 0.3) is 11.0 Å². The Morgan fingerprint density at radius 2 is 2.00 bits per heavy atom. The van der Waals surface area contributed by atoms with Gasteiger partial charge in [-0.1, -0.05) is 12.1 Å². The van der Waals surface area contributed by atoms with E-state index < -0.39 is 17.4 Å². The molecule has 0 saturated carbocycles. The van der Waals surface area contributed by atoms with Gasteiger partial charge in [0.05, 0.1) is 11.0 Å². The molecule has 8 nitrogen and oxygen atoms in total. The first-order valence-corrected chi connectivity index (χ1v) is 8.10. The Bertz CT molecular complexity index is 855. The molecule has 1 aliphatic rings. The molecule has 132 valence electrons. The van der Waals surface area contributed by atoms with Crippen molar-refractivity contribution >= 4 is 22.9 Å². The van der Waals surface area contributed by atoms with Gasteiger partial charge >= 0.3 is 5.97 Å². The Balaban J connectivity index is 1.69. The first-order valence-electron chi connectivity index (χ1n) is 8.10. The van der Waals surface area contributed by atoms with Crippen LogP contribution in [0.1, 0.15) is 25.0 Å². The second kappa shape index (κ2) is 7.02. The minimum absolute atomic E-state index is 0.00962. The van der Waals surface area contributed by atoms with Crippen LogP contribution in [0, 0.1) is 0 Å². The number of carboxylic acids is 1. The van der Waals surface area contributed by atoms with Gasteiger partial charge in [0.2, 0.25) is 5.91 Å². The highest BCUT2D eigenvalue weighted by Gasteiger charge is 2.41. The molecule has 1 aliphatic heterocycles. The van der Waals surface area contributed by atoms with Gasteiger partial charge in [-0.05, 0) is 12.1 Å². The van der Waals surface area contributed by atoms with Crippen molar-refractivity contribution in [1.29, 1.82) is 0 Å². The first kappa shape index (κ1) is 17.1. The summed E-state index contributed by atoms with van der Waals surface area (Å²) in [5, 5.41) is 12.0. The molecule has 0 aliphatic carbocycles. The quantitative estimate of drug-likeness (QED) is 0.730. The number of benzene rings is 1. The Labute approximate surface area is 143 Å². The summed E-state index contributed by atoms with van der Waals surface area (Å²) in [6.45, 7) is 0.580. The van der Waals surface area contributed by atoms with E-state index in [9.17, 15) is 19.5 Å². The standard InChI is InChI=1S/C17H19N3O5/c21-14(20-17(16(23)24)7-9-25-10-8-17)6-5-13-15(22)19-12-4-2-1-3-11(12)18-13/h1-4H,5-10H2,(H,19,22)(H,20,21)(H,23,24). The summed E-state index contributed by atoms with van der Waals surface area (Å²) < 4.78 is 5.17. The smallest absolute Gasteiger partial charge is 0.329 e. The van der Waals surface area contributed by atoms with Crippen molar-refractivity contribution in [3.63, 3.8) is 0 Å². The zero-order chi connectivity index (χ0) is 17.9. The number of para-hydroxylation sites is 2. The maximum atomic E-state index is 12.2. The molecule has 8 heteroatoms. The van der Waals surface area contributed by atoms with E-state index in [0.29, 0.717) is 24.2 Å². The number of H-pyrrole nitrogens is 1. The fraction of sp³-hybridized carbons (Fsp3) is 0.412. The molecule has 1 fully saturated rings. The summed E-state index contributed by atoms with van der Waals surface area (Å²) in [7, 11) is 0. The van der Waals surface area contributed by atoms with E-state index in [1.54, 1.807) is 18.2 Å². The van der Waals surface area contributed by atoms with E-state index in [4.69, 9.17) is 4.74 Å². The number of ether oxygens (including phenoxy) is 1. The van der Waals surface area contributed by atoms with Crippen LogP contribution in [0.4, 0.5) is 0 Å². The predicted molar refractivity (Wildman–Crippen MR) is 89.2 cm³/mol. The third-order valence-electron chi connectivity index (χ3n) is 4.39. The summed E-state index contributed by atoms with van der Waals surface area (Å²) in [5.74, 6) is -1.48. The summed E-state index contributed by atoms with van der Waals surface area (Å²) in [6.07, 6.45) is 0.578. The number of fused-ring (bicyclic) bond motifs is 1. The number of aryl methyl sites for hydroxylation is 1. The Kier molecular flexibility index (Phi) is 4.80. The van der Waals surface area contributed by atoms with Crippen LogP contribution in [0.5, 0.6) is 0 Å². The van der Waals surface area contributed by atoms with Crippen molar-refractivity contribution < 1.29 is 19.4 Å². The van der Waals surface area contributed by atoms with Crippen molar-refractivity contribution in [1.82, 2.24) is 15.3 Å². The molecule has 0 spiro atoms. The third kappa shape index (κ3) is 3.69. The van der Waals surface area contributed by atoms with E-state index >= 15 is 0 Å². The predicted octanol–water partition coefficient (Wildman–Crippen LogP) is 0.606. The van der Waals surface area contributed by atoms with Gasteiger partial charge in [-0.25, -0.2) is 9.78 Å². The summed E-state index contributed by atoms with van der Waals surface area (Å²) in [6, 6.07) is 7.14. The van der Waals surface area contributed by atoms with Gasteiger partial charge in [0.25, 0.3) is 5.56 Å². The highest BCUT2D eigenvalue weighted by Crippen LogP contribution is 2.21. The largest absolute Gasteiger partial charge is 0.480 e. The second-order valence-corrected chi connectivity index (χ2v) is 6.08. The lowest BCUT2D eigenvalue weighted by Gasteiger charge is -2.33. The summed E-state index contributed by atoms with van der Waals surface area (Å²) in [5.41, 5.74) is -0.106. The minimum atomic E-state index is -1.29. The number of carboxylic acid groups (broad SMARTS) is 1. The number of amides is 1. The zero-order valence-corrected chi connectivity index (χ0v) is 13.6. The molecule has 25 heavy (non-hydrogen) atoms. The molecule has 0 bridgehead atoms. The van der Waals surface area contributed by atoms with Crippen LogP contribution in [-0.4, -0.2) is 45.7 Å². The average molecular weight is 345 g/mol. The van der Waals surface area contributed by atoms with Crippen molar-refractivity contribution in [2.24, 2.45) is 0 Å². The maximum absolute atomic E-state index is 12.2. The first-order chi connectivity index (χ1) is 12.0. The average Bonchev–Trinajstić information content (AvgIpc) is 2.60. The number of nitrogens with zero attached hydrogens (tertiary/aromatic N) is 1. The van der Waals surface area contributed by atoms with E-state index in [-0.39, 0.29) is 36.9 Å². The minimum Gasteiger partial charge on any atom is -0.480 e. The Morgan fingerprint density at radius 3 is 2.72 bits per heavy atom. The van der Waals surface area contributed by atoms with E-state index in [1.165, 1.54) is 0 Å². The van der Waals surface area contributed by atoms with E-state index in [1.807, 2.05) is 6.07 Å². The molecule has 0 unspecified atom stereocenters. The van der Waals surface area contributed by atoms with Crippen molar-refractivity contribution in [2.75, 3.05) is 13.2 Å². The molecule has 1 aromatic heterocycles. The fourth-order valence-corrected chi connectivity index (χ4v) is 2.91. The van der Waals surface area contributed by atoms with Crippen LogP contribution in [-0.2, 0) is 20.7 Å². The molecule has 2 heterocycles. The van der Waals surface area contributed by atoms with Gasteiger partial charge in [-0.3, -0.25) is 9.59 Å². The van der Waals surface area contributed by atoms with Crippen molar-refractivity contribution in [3.05, 3.63) is 40.3 Å². The van der Waals surface area contributed by atoms with E-state index in [2.05, 4.69) is 15.3 Å². The van der Waals surface area contributed by atoms with E-state index in [0.717, 1.165) is 0 Å². The number of aromatic amines is 1. The molecule has 3 rings (SSSR count). The zero-order valence-electron chi connectivity index (χ0n) is 13.6. The SMILES string of the molecule is O=C(CCc1nc2ccccc2[nH]c1=O)NC1(C(=O)O)CCOCC1. The number of aliphatic carboxylic acids is 1. The number of carbonyl (C=O) groups is 2. The normalized spacial score (nSPS) is 16.5. The number of hydrogen-bond donors (Lipinski definition) is 3. The lowest BCUT2D eigenvalue weighted by atomic mass is 9.90. The Hall–Kier alpha value is -2.74. The molecule has 0 atom stereocenters. The van der Waals surface area contributed by atoms with Gasteiger partial charge in [0.1, 0.15) is 11.2 Å². The number of carbonyl (C=O) groups excluding carboxylic acids is 1. The van der Waals surface area contributed by atoms with Crippen molar-refractivity contribution in [2.45, 2.75) is 31.2 Å². The summed E-state index contributed by atoms with van der Waals surface area (Å²) >= 11 is 0. The molecular weight excluding hydrogens is 326 g/mol. The van der Waals surface area contributed by atoms with Gasteiger partial charge in [-0.2, -0.15) is 0 Å². The number of rotatable bonds is 5. The lowest BCUT2D eigenvalue weighted by Crippen LogP contribution is -2.57. The highest BCUT2D eigenvalue weighted by atomic mass is 16.5. The second-order valence-electron chi connectivity index (χ2n) is 6.08. The van der Waals surface area contributed by atoms with Gasteiger partial charge < -0.3 is 20.1 Å². The third-order valence-corrected chi connectivity index (χ3v) is 4.39. The van der Waals surface area contributed by atoms with Gasteiger partial charge in [-0.15, -0.1) is 0 Å². The Morgan fingerprint density at radius 1 is 1.28 bits per heavy atom. The van der Waals surface area contributed by atoms with Crippen LogP contribution < -0.4 is 10.9 Å².